The summed E-state index contributed by atoms with van der Waals surface area (Å²) in [5, 5.41) is 13.6. The predicted octanol–water partition coefficient (Wildman–Crippen LogP) is 2.79. The fourth-order valence-corrected chi connectivity index (χ4v) is 1.94. The lowest BCUT2D eigenvalue weighted by Crippen LogP contribution is -2.42. The van der Waals surface area contributed by atoms with Crippen molar-refractivity contribution in [2.45, 2.75) is 44.8 Å². The lowest BCUT2D eigenvalue weighted by Gasteiger charge is -2.38. The van der Waals surface area contributed by atoms with Crippen molar-refractivity contribution in [3.8, 4) is 0 Å². The molecule has 0 aromatic carbocycles. The van der Waals surface area contributed by atoms with Gasteiger partial charge in [0.2, 0.25) is 0 Å². The van der Waals surface area contributed by atoms with Crippen molar-refractivity contribution in [3.63, 3.8) is 0 Å². The van der Waals surface area contributed by atoms with Crippen LogP contribution in [0, 0.1) is 5.92 Å². The van der Waals surface area contributed by atoms with Gasteiger partial charge in [0.05, 0.1) is 11.6 Å². The van der Waals surface area contributed by atoms with Gasteiger partial charge in [-0.15, -0.1) is 0 Å². The fraction of sp³-hybridized carbons (Fsp3) is 0.800. The molecule has 1 aliphatic carbocycles. The standard InChI is InChI=1S/C10H17N3O/c1-7(2)8-4-5-10(3,12-13-11)9(14)6-8/h8-9,14H,1,4-6H2,2-3H3/t8-,9-,10-/m1/s1. The molecular weight excluding hydrogens is 178 g/mol. The monoisotopic (exact) mass is 195 g/mol. The van der Waals surface area contributed by atoms with Crippen LogP contribution in [0.3, 0.4) is 0 Å². The minimum atomic E-state index is -0.624. The molecule has 4 heteroatoms. The zero-order chi connectivity index (χ0) is 10.8. The predicted molar refractivity (Wildman–Crippen MR) is 55.7 cm³/mol. The Labute approximate surface area is 84.3 Å². The van der Waals surface area contributed by atoms with E-state index in [2.05, 4.69) is 16.6 Å². The van der Waals surface area contributed by atoms with Gasteiger partial charge in [-0.05, 0) is 37.6 Å². The molecular formula is C10H17N3O. The molecule has 14 heavy (non-hydrogen) atoms. The van der Waals surface area contributed by atoms with Gasteiger partial charge in [-0.3, -0.25) is 0 Å². The summed E-state index contributed by atoms with van der Waals surface area (Å²) in [6.07, 6.45) is 1.79. The summed E-state index contributed by atoms with van der Waals surface area (Å²) < 4.78 is 0. The number of hydrogen-bond acceptors (Lipinski definition) is 2. The molecule has 1 N–H and O–H groups in total. The molecule has 0 radical (unpaired) electrons. The van der Waals surface area contributed by atoms with E-state index in [-0.39, 0.29) is 0 Å². The van der Waals surface area contributed by atoms with Crippen LogP contribution in [0.25, 0.3) is 10.4 Å². The van der Waals surface area contributed by atoms with Crippen molar-refractivity contribution < 1.29 is 5.11 Å². The lowest BCUT2D eigenvalue weighted by atomic mass is 9.74. The van der Waals surface area contributed by atoms with E-state index in [4.69, 9.17) is 5.53 Å². The van der Waals surface area contributed by atoms with Crippen LogP contribution >= 0.6 is 0 Å². The maximum atomic E-state index is 9.87. The zero-order valence-electron chi connectivity index (χ0n) is 8.77. The Balaban J connectivity index is 2.73. The molecule has 0 aliphatic heterocycles. The van der Waals surface area contributed by atoms with Crippen molar-refractivity contribution in [2.24, 2.45) is 11.0 Å². The summed E-state index contributed by atoms with van der Waals surface area (Å²) in [5.41, 5.74) is 8.89. The van der Waals surface area contributed by atoms with Gasteiger partial charge < -0.3 is 5.11 Å². The molecule has 1 aliphatic rings. The third kappa shape index (κ3) is 2.08. The van der Waals surface area contributed by atoms with Gasteiger partial charge in [0.1, 0.15) is 0 Å². The summed E-state index contributed by atoms with van der Waals surface area (Å²) in [6.45, 7) is 7.68. The number of aliphatic hydroxyl groups is 1. The first-order valence-electron chi connectivity index (χ1n) is 4.89. The largest absolute Gasteiger partial charge is 0.392 e. The van der Waals surface area contributed by atoms with E-state index in [0.29, 0.717) is 12.3 Å². The van der Waals surface area contributed by atoms with Gasteiger partial charge in [-0.2, -0.15) is 0 Å². The third-order valence-electron chi connectivity index (χ3n) is 3.19. The first kappa shape index (κ1) is 11.1. The van der Waals surface area contributed by atoms with Crippen LogP contribution in [0.1, 0.15) is 33.1 Å². The Morgan fingerprint density at radius 3 is 2.79 bits per heavy atom. The molecule has 0 spiro atoms. The van der Waals surface area contributed by atoms with Crippen LogP contribution < -0.4 is 0 Å². The molecule has 0 saturated heterocycles. The molecule has 0 amide bonds. The van der Waals surface area contributed by atoms with Gasteiger partial charge in [-0.25, -0.2) is 0 Å². The maximum absolute atomic E-state index is 9.87. The Bertz CT molecular complexity index is 283. The van der Waals surface area contributed by atoms with E-state index in [1.807, 2.05) is 13.8 Å². The summed E-state index contributed by atoms with van der Waals surface area (Å²) in [6, 6.07) is 0. The molecule has 3 atom stereocenters. The number of aliphatic hydroxyl groups excluding tert-OH is 1. The second-order valence-electron chi connectivity index (χ2n) is 4.38. The van der Waals surface area contributed by atoms with Crippen LogP contribution in [0.4, 0.5) is 0 Å². The molecule has 0 aromatic rings. The maximum Gasteiger partial charge on any atom is 0.0719 e. The quantitative estimate of drug-likeness (QED) is 0.313. The number of hydrogen-bond donors (Lipinski definition) is 1. The highest BCUT2D eigenvalue weighted by Gasteiger charge is 2.38. The van der Waals surface area contributed by atoms with Crippen LogP contribution in [0.15, 0.2) is 17.3 Å². The minimum Gasteiger partial charge on any atom is -0.392 e. The van der Waals surface area contributed by atoms with Crippen molar-refractivity contribution in [1.82, 2.24) is 0 Å². The molecule has 1 rings (SSSR count). The Kier molecular flexibility index (Phi) is 3.19. The van der Waals surface area contributed by atoms with Crippen molar-refractivity contribution in [2.75, 3.05) is 0 Å². The van der Waals surface area contributed by atoms with Crippen molar-refractivity contribution in [3.05, 3.63) is 22.6 Å². The van der Waals surface area contributed by atoms with Crippen molar-refractivity contribution >= 4 is 0 Å². The second kappa shape index (κ2) is 4.03. The van der Waals surface area contributed by atoms with E-state index >= 15 is 0 Å². The van der Waals surface area contributed by atoms with E-state index in [1.54, 1.807) is 0 Å². The molecule has 0 heterocycles. The first-order valence-corrected chi connectivity index (χ1v) is 4.89. The van der Waals surface area contributed by atoms with E-state index < -0.39 is 11.6 Å². The molecule has 1 saturated carbocycles. The van der Waals surface area contributed by atoms with E-state index in [1.165, 1.54) is 0 Å². The average molecular weight is 195 g/mol. The Morgan fingerprint density at radius 2 is 2.36 bits per heavy atom. The smallest absolute Gasteiger partial charge is 0.0719 e. The molecule has 0 bridgehead atoms. The van der Waals surface area contributed by atoms with E-state index in [9.17, 15) is 5.11 Å². The van der Waals surface area contributed by atoms with Crippen LogP contribution in [-0.2, 0) is 0 Å². The van der Waals surface area contributed by atoms with Crippen LogP contribution in [-0.4, -0.2) is 16.7 Å². The van der Waals surface area contributed by atoms with Crippen LogP contribution in [0.2, 0.25) is 0 Å². The zero-order valence-corrected chi connectivity index (χ0v) is 8.77. The normalized spacial score (nSPS) is 37.4. The Morgan fingerprint density at radius 1 is 1.71 bits per heavy atom. The first-order chi connectivity index (χ1) is 6.49. The van der Waals surface area contributed by atoms with Gasteiger partial charge in [0.15, 0.2) is 0 Å². The Hall–Kier alpha value is -0.990. The number of azide groups is 1. The number of nitrogens with zero attached hydrogens (tertiary/aromatic N) is 3. The van der Waals surface area contributed by atoms with Crippen molar-refractivity contribution in [1.29, 1.82) is 0 Å². The van der Waals surface area contributed by atoms with Gasteiger partial charge >= 0.3 is 0 Å². The summed E-state index contributed by atoms with van der Waals surface area (Å²) in [5.74, 6) is 0.368. The second-order valence-corrected chi connectivity index (χ2v) is 4.38. The highest BCUT2D eigenvalue weighted by atomic mass is 16.3. The summed E-state index contributed by atoms with van der Waals surface area (Å²) >= 11 is 0. The van der Waals surface area contributed by atoms with Gasteiger partial charge in [0.25, 0.3) is 0 Å². The van der Waals surface area contributed by atoms with Gasteiger partial charge in [0, 0.05) is 4.91 Å². The average Bonchev–Trinajstić information content (AvgIpc) is 2.10. The number of rotatable bonds is 2. The minimum absolute atomic E-state index is 0.368. The van der Waals surface area contributed by atoms with Gasteiger partial charge in [-0.1, -0.05) is 24.2 Å². The third-order valence-corrected chi connectivity index (χ3v) is 3.19. The molecule has 0 unspecified atom stereocenters. The number of allylic oxidation sites excluding steroid dienone is 1. The highest BCUT2D eigenvalue weighted by molar-refractivity contribution is 5.05. The molecule has 1 fully saturated rings. The fourth-order valence-electron chi connectivity index (χ4n) is 1.94. The SMILES string of the molecule is C=C(C)[C@@H]1CC[C@@](C)(N=[N+]=[N-])[C@H](O)C1. The topological polar surface area (TPSA) is 69.0 Å². The lowest BCUT2D eigenvalue weighted by molar-refractivity contribution is 0.0408. The molecule has 4 nitrogen and oxygen atoms in total. The highest BCUT2D eigenvalue weighted by Crippen LogP contribution is 2.37. The van der Waals surface area contributed by atoms with Crippen LogP contribution in [0.5, 0.6) is 0 Å². The molecule has 78 valence electrons. The van der Waals surface area contributed by atoms with E-state index in [0.717, 1.165) is 18.4 Å². The molecule has 0 aromatic heterocycles. The summed E-state index contributed by atoms with van der Waals surface area (Å²) in [7, 11) is 0. The summed E-state index contributed by atoms with van der Waals surface area (Å²) in [4.78, 5) is 2.79.